The molecule has 2 N–H and O–H groups in total. The van der Waals surface area contributed by atoms with E-state index in [9.17, 15) is 13.2 Å². The fourth-order valence-corrected chi connectivity index (χ4v) is 2.30. The number of carbonyl (C=O) groups excluding carboxylic acids is 1. The number of aromatic nitrogens is 2. The molecule has 1 amide bonds. The lowest BCUT2D eigenvalue weighted by atomic mass is 10.1. The van der Waals surface area contributed by atoms with Crippen LogP contribution in [0.1, 0.15) is 18.9 Å². The van der Waals surface area contributed by atoms with Crippen LogP contribution in [0.2, 0.25) is 0 Å². The van der Waals surface area contributed by atoms with Crippen LogP contribution in [-0.2, 0) is 21.2 Å². The summed E-state index contributed by atoms with van der Waals surface area (Å²) in [7, 11) is -3.72. The lowest BCUT2D eigenvalue weighted by molar-refractivity contribution is -0.131. The Morgan fingerprint density at radius 1 is 1.68 bits per heavy atom. The Labute approximate surface area is 110 Å². The molecule has 1 atom stereocenters. The van der Waals surface area contributed by atoms with Crippen molar-refractivity contribution in [1.29, 1.82) is 5.26 Å². The minimum absolute atomic E-state index is 0.0786. The Morgan fingerprint density at radius 3 is 2.74 bits per heavy atom. The number of nitriles is 1. The molecule has 0 aliphatic rings. The van der Waals surface area contributed by atoms with Crippen molar-refractivity contribution in [2.24, 2.45) is 0 Å². The molecule has 0 aliphatic heterocycles. The smallest absolute Gasteiger partial charge is 0.264 e. The van der Waals surface area contributed by atoms with E-state index in [-0.39, 0.29) is 13.0 Å². The van der Waals surface area contributed by atoms with Crippen molar-refractivity contribution in [3.63, 3.8) is 0 Å². The van der Waals surface area contributed by atoms with Crippen LogP contribution in [0.5, 0.6) is 0 Å². The third kappa shape index (κ3) is 3.10. The molecule has 1 aromatic heterocycles. The number of amides is 1. The van der Waals surface area contributed by atoms with Crippen molar-refractivity contribution in [2.45, 2.75) is 24.6 Å². The van der Waals surface area contributed by atoms with Gasteiger partial charge in [0.2, 0.25) is 0 Å². The standard InChI is InChI=1S/C10H14N4O4S/c1-10(9(15)13-16,19(2,17)18)3-4-14-7-8(5-11)6-12-14/h6-7,16H,3-4H2,1-2H3,(H,13,15). The number of hydrogen-bond acceptors (Lipinski definition) is 6. The molecule has 0 aliphatic carbocycles. The van der Waals surface area contributed by atoms with Crippen molar-refractivity contribution in [2.75, 3.05) is 6.26 Å². The first-order valence-electron chi connectivity index (χ1n) is 5.31. The molecule has 0 radical (unpaired) electrons. The molecule has 8 nitrogen and oxygen atoms in total. The van der Waals surface area contributed by atoms with Gasteiger partial charge in [0.05, 0.1) is 11.8 Å². The van der Waals surface area contributed by atoms with Crippen LogP contribution in [0.3, 0.4) is 0 Å². The maximum atomic E-state index is 11.7. The van der Waals surface area contributed by atoms with Gasteiger partial charge < -0.3 is 0 Å². The quantitative estimate of drug-likeness (QED) is 0.553. The van der Waals surface area contributed by atoms with Gasteiger partial charge >= 0.3 is 0 Å². The Kier molecular flexibility index (Phi) is 4.28. The van der Waals surface area contributed by atoms with Crippen LogP contribution in [0.25, 0.3) is 0 Å². The summed E-state index contributed by atoms with van der Waals surface area (Å²) < 4.78 is 23.0. The van der Waals surface area contributed by atoms with Crippen molar-refractivity contribution in [1.82, 2.24) is 15.3 Å². The van der Waals surface area contributed by atoms with Gasteiger partial charge in [0.15, 0.2) is 14.6 Å². The van der Waals surface area contributed by atoms with E-state index in [1.165, 1.54) is 29.5 Å². The second-order valence-electron chi connectivity index (χ2n) is 4.30. The van der Waals surface area contributed by atoms with Gasteiger partial charge in [0, 0.05) is 19.0 Å². The van der Waals surface area contributed by atoms with E-state index in [4.69, 9.17) is 10.5 Å². The molecule has 104 valence electrons. The summed E-state index contributed by atoms with van der Waals surface area (Å²) in [6.45, 7) is 1.35. The number of nitrogens with zero attached hydrogens (tertiary/aromatic N) is 3. The maximum absolute atomic E-state index is 11.7. The number of hydrogen-bond donors (Lipinski definition) is 2. The van der Waals surface area contributed by atoms with Crippen molar-refractivity contribution >= 4 is 15.7 Å². The molecule has 0 saturated carbocycles. The van der Waals surface area contributed by atoms with E-state index in [1.807, 2.05) is 6.07 Å². The first-order chi connectivity index (χ1) is 8.74. The fraction of sp³-hybridized carbons (Fsp3) is 0.500. The SMILES string of the molecule is CC(CCn1cc(C#N)cn1)(C(=O)NO)S(C)(=O)=O. The number of nitrogens with one attached hydrogen (secondary N) is 1. The number of rotatable bonds is 5. The third-order valence-electron chi connectivity index (χ3n) is 2.98. The zero-order valence-corrected chi connectivity index (χ0v) is 11.3. The van der Waals surface area contributed by atoms with E-state index in [0.717, 1.165) is 6.26 Å². The highest BCUT2D eigenvalue weighted by atomic mass is 32.2. The van der Waals surface area contributed by atoms with Gasteiger partial charge in [-0.05, 0) is 13.3 Å². The summed E-state index contributed by atoms with van der Waals surface area (Å²) >= 11 is 0. The second kappa shape index (κ2) is 5.38. The lowest BCUT2D eigenvalue weighted by Gasteiger charge is -2.24. The maximum Gasteiger partial charge on any atom is 0.264 e. The van der Waals surface area contributed by atoms with Gasteiger partial charge in [0.25, 0.3) is 5.91 Å². The van der Waals surface area contributed by atoms with E-state index in [0.29, 0.717) is 5.56 Å². The molecule has 1 unspecified atom stereocenters. The minimum Gasteiger partial charge on any atom is -0.289 e. The molecule has 0 aromatic carbocycles. The highest BCUT2D eigenvalue weighted by molar-refractivity contribution is 7.92. The zero-order chi connectivity index (χ0) is 14.7. The van der Waals surface area contributed by atoms with Crippen LogP contribution >= 0.6 is 0 Å². The highest BCUT2D eigenvalue weighted by Crippen LogP contribution is 2.22. The second-order valence-corrected chi connectivity index (χ2v) is 6.74. The Balaban J connectivity index is 2.92. The first-order valence-corrected chi connectivity index (χ1v) is 7.20. The van der Waals surface area contributed by atoms with Gasteiger partial charge in [-0.15, -0.1) is 0 Å². The topological polar surface area (TPSA) is 125 Å². The predicted octanol–water partition coefficient (Wildman–Crippen LogP) is -0.546. The van der Waals surface area contributed by atoms with Crippen molar-refractivity contribution in [3.05, 3.63) is 18.0 Å². The van der Waals surface area contributed by atoms with Crippen LogP contribution in [-0.4, -0.2) is 40.3 Å². The van der Waals surface area contributed by atoms with Crippen LogP contribution in [0.15, 0.2) is 12.4 Å². The summed E-state index contributed by atoms with van der Waals surface area (Å²) in [6.07, 6.45) is 3.63. The normalized spacial score (nSPS) is 14.4. The van der Waals surface area contributed by atoms with Crippen LogP contribution < -0.4 is 5.48 Å². The molecular formula is C10H14N4O4S. The predicted molar refractivity (Wildman–Crippen MR) is 64.7 cm³/mol. The molecule has 0 spiro atoms. The van der Waals surface area contributed by atoms with Gasteiger partial charge in [-0.3, -0.25) is 14.7 Å². The van der Waals surface area contributed by atoms with Crippen molar-refractivity contribution in [3.8, 4) is 6.07 Å². The first kappa shape index (κ1) is 15.1. The molecule has 1 aromatic rings. The van der Waals surface area contributed by atoms with Gasteiger partial charge in [-0.25, -0.2) is 13.9 Å². The van der Waals surface area contributed by atoms with E-state index in [2.05, 4.69) is 5.10 Å². The Hall–Kier alpha value is -1.92. The van der Waals surface area contributed by atoms with Crippen LogP contribution in [0.4, 0.5) is 0 Å². The summed E-state index contributed by atoms with van der Waals surface area (Å²) in [5, 5.41) is 21.1. The Bertz CT molecular complexity index is 616. The van der Waals surface area contributed by atoms with E-state index < -0.39 is 20.5 Å². The number of aryl methyl sites for hydroxylation is 1. The average Bonchev–Trinajstić information content (AvgIpc) is 2.81. The van der Waals surface area contributed by atoms with Gasteiger partial charge in [-0.1, -0.05) is 0 Å². The molecule has 0 fully saturated rings. The monoisotopic (exact) mass is 286 g/mol. The zero-order valence-electron chi connectivity index (χ0n) is 10.5. The molecule has 9 heteroatoms. The summed E-state index contributed by atoms with van der Waals surface area (Å²) in [6, 6.07) is 1.89. The summed E-state index contributed by atoms with van der Waals surface area (Å²) in [5.74, 6) is -0.998. The average molecular weight is 286 g/mol. The summed E-state index contributed by atoms with van der Waals surface area (Å²) in [5.41, 5.74) is 1.71. The number of hydroxylamine groups is 1. The highest BCUT2D eigenvalue weighted by Gasteiger charge is 2.43. The molecule has 0 saturated heterocycles. The Morgan fingerprint density at radius 2 is 2.32 bits per heavy atom. The molecule has 19 heavy (non-hydrogen) atoms. The summed E-state index contributed by atoms with van der Waals surface area (Å²) in [4.78, 5) is 11.5. The van der Waals surface area contributed by atoms with Gasteiger partial charge in [0.1, 0.15) is 6.07 Å². The van der Waals surface area contributed by atoms with E-state index >= 15 is 0 Å². The third-order valence-corrected chi connectivity index (χ3v) is 5.01. The number of carbonyl (C=O) groups is 1. The van der Waals surface area contributed by atoms with Crippen LogP contribution in [0, 0.1) is 11.3 Å². The lowest BCUT2D eigenvalue weighted by Crippen LogP contribution is -2.49. The van der Waals surface area contributed by atoms with E-state index in [1.54, 1.807) is 0 Å². The fourth-order valence-electron chi connectivity index (χ4n) is 1.46. The van der Waals surface area contributed by atoms with Gasteiger partial charge in [-0.2, -0.15) is 10.4 Å². The molecule has 1 heterocycles. The molecular weight excluding hydrogens is 272 g/mol. The molecule has 0 bridgehead atoms. The number of sulfone groups is 1. The largest absolute Gasteiger partial charge is 0.289 e. The molecule has 1 rings (SSSR count). The van der Waals surface area contributed by atoms with Crippen molar-refractivity contribution < 1.29 is 18.4 Å². The minimum atomic E-state index is -3.72.